The fraction of sp³-hybridized carbons (Fsp3) is 0.400. The van der Waals surface area contributed by atoms with E-state index in [1.807, 2.05) is 30.3 Å². The van der Waals surface area contributed by atoms with Gasteiger partial charge in [0.1, 0.15) is 12.6 Å². The van der Waals surface area contributed by atoms with Crippen molar-refractivity contribution in [3.05, 3.63) is 35.9 Å². The van der Waals surface area contributed by atoms with Gasteiger partial charge in [-0.15, -0.1) is 0 Å². The molecule has 0 aliphatic rings. The summed E-state index contributed by atoms with van der Waals surface area (Å²) in [5, 5.41) is 19.1. The quantitative estimate of drug-likeness (QED) is 0.544. The fourth-order valence-corrected chi connectivity index (χ4v) is 1.20. The predicted octanol–water partition coefficient (Wildman–Crippen LogP) is 1.19. The normalized spacial score (nSPS) is 14.2. The van der Waals surface area contributed by atoms with Crippen molar-refractivity contribution >= 4 is 0 Å². The SMILES string of the molecule is C[N+](C)(O)CC(O)c1ccccc1. The van der Waals surface area contributed by atoms with Gasteiger partial charge in [-0.3, -0.25) is 0 Å². The minimum Gasteiger partial charge on any atom is -0.382 e. The van der Waals surface area contributed by atoms with Crippen molar-refractivity contribution in [3.8, 4) is 0 Å². The Morgan fingerprint density at radius 2 is 1.77 bits per heavy atom. The molecule has 13 heavy (non-hydrogen) atoms. The maximum absolute atomic E-state index is 9.68. The number of hydrogen-bond donors (Lipinski definition) is 2. The molecule has 1 aromatic carbocycles. The standard InChI is InChI=1S/C10H16NO2/c1-11(2,13)8-10(12)9-6-4-3-5-7-9/h3-7,10,12-13H,8H2,1-2H3/q+1. The summed E-state index contributed by atoms with van der Waals surface area (Å²) in [6.07, 6.45) is -0.610. The van der Waals surface area contributed by atoms with Crippen molar-refractivity contribution in [3.63, 3.8) is 0 Å². The van der Waals surface area contributed by atoms with Crippen molar-refractivity contribution in [2.24, 2.45) is 0 Å². The predicted molar refractivity (Wildman–Crippen MR) is 50.2 cm³/mol. The highest BCUT2D eigenvalue weighted by molar-refractivity contribution is 5.17. The summed E-state index contributed by atoms with van der Waals surface area (Å²) in [6.45, 7) is 0.296. The molecule has 0 heterocycles. The van der Waals surface area contributed by atoms with Gasteiger partial charge in [-0.2, -0.15) is 4.65 Å². The van der Waals surface area contributed by atoms with Gasteiger partial charge < -0.3 is 5.11 Å². The molecule has 0 aliphatic heterocycles. The number of rotatable bonds is 3. The van der Waals surface area contributed by atoms with E-state index in [1.54, 1.807) is 14.1 Å². The molecule has 72 valence electrons. The van der Waals surface area contributed by atoms with Gasteiger partial charge in [0.15, 0.2) is 0 Å². The van der Waals surface area contributed by atoms with Gasteiger partial charge in [0.2, 0.25) is 0 Å². The van der Waals surface area contributed by atoms with Crippen LogP contribution in [0.3, 0.4) is 0 Å². The van der Waals surface area contributed by atoms with Crippen molar-refractivity contribution < 1.29 is 15.0 Å². The van der Waals surface area contributed by atoms with Crippen LogP contribution in [0.1, 0.15) is 11.7 Å². The molecule has 0 saturated carbocycles. The molecule has 1 rings (SSSR count). The zero-order valence-corrected chi connectivity index (χ0v) is 8.01. The summed E-state index contributed by atoms with van der Waals surface area (Å²) in [5.74, 6) is 0. The van der Waals surface area contributed by atoms with Crippen molar-refractivity contribution in [2.75, 3.05) is 20.6 Å². The second kappa shape index (κ2) is 3.87. The molecule has 0 amide bonds. The van der Waals surface area contributed by atoms with E-state index in [1.165, 1.54) is 0 Å². The van der Waals surface area contributed by atoms with Crippen LogP contribution in [-0.4, -0.2) is 35.6 Å². The number of nitrogens with zero attached hydrogens (tertiary/aromatic N) is 1. The van der Waals surface area contributed by atoms with Gasteiger partial charge >= 0.3 is 0 Å². The largest absolute Gasteiger partial charge is 0.382 e. The van der Waals surface area contributed by atoms with E-state index in [-0.39, 0.29) is 4.65 Å². The molecule has 1 unspecified atom stereocenters. The Hall–Kier alpha value is -0.900. The Kier molecular flexibility index (Phi) is 3.03. The summed E-state index contributed by atoms with van der Waals surface area (Å²) in [5.41, 5.74) is 0.836. The van der Waals surface area contributed by atoms with Crippen LogP contribution < -0.4 is 0 Å². The number of hydrogen-bond acceptors (Lipinski definition) is 2. The molecular formula is C10H16NO2+. The lowest BCUT2D eigenvalue weighted by Crippen LogP contribution is -2.39. The highest BCUT2D eigenvalue weighted by Gasteiger charge is 2.19. The Bertz CT molecular complexity index is 253. The van der Waals surface area contributed by atoms with Crippen LogP contribution in [0.2, 0.25) is 0 Å². The van der Waals surface area contributed by atoms with Gasteiger partial charge in [-0.05, 0) is 5.56 Å². The van der Waals surface area contributed by atoms with Crippen LogP contribution >= 0.6 is 0 Å². The smallest absolute Gasteiger partial charge is 0.138 e. The number of quaternary nitrogens is 1. The summed E-state index contributed by atoms with van der Waals surface area (Å²) < 4.78 is -0.226. The molecule has 1 aromatic rings. The molecule has 1 atom stereocenters. The zero-order valence-electron chi connectivity index (χ0n) is 8.01. The molecular weight excluding hydrogens is 166 g/mol. The second-order valence-electron chi connectivity index (χ2n) is 3.73. The number of likely N-dealkylation sites (N-methyl/N-ethyl adjacent to an activating group) is 1. The van der Waals surface area contributed by atoms with Crippen molar-refractivity contribution in [1.82, 2.24) is 0 Å². The van der Waals surface area contributed by atoms with Crippen LogP contribution in [-0.2, 0) is 0 Å². The summed E-state index contributed by atoms with van der Waals surface area (Å²) in [4.78, 5) is 0. The van der Waals surface area contributed by atoms with Crippen LogP contribution in [0.25, 0.3) is 0 Å². The first-order valence-corrected chi connectivity index (χ1v) is 4.28. The lowest BCUT2D eigenvalue weighted by molar-refractivity contribution is -1.07. The van der Waals surface area contributed by atoms with Gasteiger partial charge in [0.05, 0.1) is 14.1 Å². The molecule has 0 saturated heterocycles. The molecule has 0 bridgehead atoms. The molecule has 0 aromatic heterocycles. The fourth-order valence-electron chi connectivity index (χ4n) is 1.20. The third-order valence-corrected chi connectivity index (χ3v) is 1.80. The van der Waals surface area contributed by atoms with Crippen molar-refractivity contribution in [2.45, 2.75) is 6.10 Å². The lowest BCUT2D eigenvalue weighted by atomic mass is 10.1. The summed E-state index contributed by atoms with van der Waals surface area (Å²) >= 11 is 0. The number of aliphatic hydroxyl groups is 1. The van der Waals surface area contributed by atoms with E-state index in [2.05, 4.69) is 0 Å². The first kappa shape index (κ1) is 10.2. The van der Waals surface area contributed by atoms with E-state index >= 15 is 0 Å². The topological polar surface area (TPSA) is 40.5 Å². The minimum atomic E-state index is -0.610. The van der Waals surface area contributed by atoms with E-state index in [0.717, 1.165) is 5.56 Å². The monoisotopic (exact) mass is 182 g/mol. The third-order valence-electron chi connectivity index (χ3n) is 1.80. The van der Waals surface area contributed by atoms with Gasteiger partial charge in [-0.1, -0.05) is 30.3 Å². The van der Waals surface area contributed by atoms with Gasteiger partial charge in [0.25, 0.3) is 0 Å². The summed E-state index contributed by atoms with van der Waals surface area (Å²) in [7, 11) is 3.26. The maximum Gasteiger partial charge on any atom is 0.138 e. The van der Waals surface area contributed by atoms with Crippen LogP contribution in [0, 0.1) is 0 Å². The van der Waals surface area contributed by atoms with E-state index in [9.17, 15) is 10.3 Å². The van der Waals surface area contributed by atoms with Crippen molar-refractivity contribution in [1.29, 1.82) is 0 Å². The zero-order chi connectivity index (χ0) is 9.90. The summed E-state index contributed by atoms with van der Waals surface area (Å²) in [6, 6.07) is 9.33. The first-order valence-electron chi connectivity index (χ1n) is 4.28. The van der Waals surface area contributed by atoms with E-state index in [4.69, 9.17) is 0 Å². The average molecular weight is 182 g/mol. The Morgan fingerprint density at radius 3 is 2.23 bits per heavy atom. The molecule has 0 aliphatic carbocycles. The average Bonchev–Trinajstić information content (AvgIpc) is 2.03. The van der Waals surface area contributed by atoms with Gasteiger partial charge in [-0.25, -0.2) is 5.21 Å². The molecule has 3 heteroatoms. The molecule has 0 spiro atoms. The molecule has 0 fully saturated rings. The Morgan fingerprint density at radius 1 is 1.23 bits per heavy atom. The maximum atomic E-state index is 9.68. The Balaban J connectivity index is 2.64. The lowest BCUT2D eigenvalue weighted by Gasteiger charge is -2.22. The van der Waals surface area contributed by atoms with Crippen LogP contribution in [0.15, 0.2) is 30.3 Å². The minimum absolute atomic E-state index is 0.226. The first-order chi connectivity index (χ1) is 5.99. The highest BCUT2D eigenvalue weighted by Crippen LogP contribution is 2.14. The molecule has 2 N–H and O–H groups in total. The van der Waals surface area contributed by atoms with Crippen LogP contribution in [0.5, 0.6) is 0 Å². The second-order valence-corrected chi connectivity index (χ2v) is 3.73. The third kappa shape index (κ3) is 3.55. The highest BCUT2D eigenvalue weighted by atomic mass is 16.5. The number of benzene rings is 1. The Labute approximate surface area is 78.4 Å². The van der Waals surface area contributed by atoms with Gasteiger partial charge in [0, 0.05) is 0 Å². The van der Waals surface area contributed by atoms with Crippen LogP contribution in [0.4, 0.5) is 0 Å². The molecule has 3 nitrogen and oxygen atoms in total. The number of hydroxylamine groups is 3. The number of aliphatic hydroxyl groups excluding tert-OH is 1. The molecule has 0 radical (unpaired) electrons. The van der Waals surface area contributed by atoms with E-state index < -0.39 is 6.10 Å². The van der Waals surface area contributed by atoms with E-state index in [0.29, 0.717) is 6.54 Å².